The summed E-state index contributed by atoms with van der Waals surface area (Å²) in [6, 6.07) is 15.7. The van der Waals surface area contributed by atoms with Crippen LogP contribution >= 0.6 is 0 Å². The highest BCUT2D eigenvalue weighted by Crippen LogP contribution is 2.25. The highest BCUT2D eigenvalue weighted by Gasteiger charge is 2.16. The van der Waals surface area contributed by atoms with Gasteiger partial charge in [0.2, 0.25) is 5.91 Å². The Balaban J connectivity index is 1.81. The SMILES string of the molecule is NC(=O)c1ccc2c(c1)CN(Cc1ccccc1)CCO2. The Morgan fingerprint density at radius 1 is 1.19 bits per heavy atom. The van der Waals surface area contributed by atoms with E-state index < -0.39 is 5.91 Å². The second-order valence-electron chi connectivity index (χ2n) is 5.23. The van der Waals surface area contributed by atoms with Crippen LogP contribution in [0.25, 0.3) is 0 Å². The highest BCUT2D eigenvalue weighted by atomic mass is 16.5. The Morgan fingerprint density at radius 2 is 2.00 bits per heavy atom. The van der Waals surface area contributed by atoms with Gasteiger partial charge >= 0.3 is 0 Å². The van der Waals surface area contributed by atoms with E-state index in [4.69, 9.17) is 10.5 Å². The first kappa shape index (κ1) is 13.6. The van der Waals surface area contributed by atoms with Gasteiger partial charge in [-0.25, -0.2) is 0 Å². The lowest BCUT2D eigenvalue weighted by atomic mass is 10.1. The maximum Gasteiger partial charge on any atom is 0.248 e. The van der Waals surface area contributed by atoms with Gasteiger partial charge in [-0.3, -0.25) is 9.69 Å². The zero-order valence-corrected chi connectivity index (χ0v) is 11.8. The van der Waals surface area contributed by atoms with Crippen LogP contribution in [-0.4, -0.2) is 24.0 Å². The average Bonchev–Trinajstić information content (AvgIpc) is 2.69. The molecule has 2 aromatic rings. The summed E-state index contributed by atoms with van der Waals surface area (Å²) in [6.07, 6.45) is 0. The molecular weight excluding hydrogens is 264 g/mol. The number of primary amides is 1. The van der Waals surface area contributed by atoms with Gasteiger partial charge in [0.25, 0.3) is 0 Å². The molecule has 1 aliphatic rings. The van der Waals surface area contributed by atoms with E-state index in [1.807, 2.05) is 30.3 Å². The molecule has 0 bridgehead atoms. The van der Waals surface area contributed by atoms with E-state index in [1.165, 1.54) is 5.56 Å². The molecule has 4 heteroatoms. The summed E-state index contributed by atoms with van der Waals surface area (Å²) in [5.74, 6) is 0.437. The van der Waals surface area contributed by atoms with Gasteiger partial charge in [-0.05, 0) is 23.8 Å². The van der Waals surface area contributed by atoms with Crippen molar-refractivity contribution in [2.75, 3.05) is 13.2 Å². The van der Waals surface area contributed by atoms with Gasteiger partial charge < -0.3 is 10.5 Å². The first-order valence-corrected chi connectivity index (χ1v) is 7.04. The number of benzene rings is 2. The lowest BCUT2D eigenvalue weighted by Crippen LogP contribution is -2.25. The molecule has 1 amide bonds. The summed E-state index contributed by atoms with van der Waals surface area (Å²) >= 11 is 0. The number of nitrogens with two attached hydrogens (primary N) is 1. The molecule has 2 aromatic carbocycles. The Morgan fingerprint density at radius 3 is 2.76 bits per heavy atom. The first-order chi connectivity index (χ1) is 10.2. The number of ether oxygens (including phenoxy) is 1. The number of nitrogens with zero attached hydrogens (tertiary/aromatic N) is 1. The molecule has 21 heavy (non-hydrogen) atoms. The Hall–Kier alpha value is -2.33. The largest absolute Gasteiger partial charge is 0.492 e. The van der Waals surface area contributed by atoms with Gasteiger partial charge in [0.05, 0.1) is 0 Å². The number of amides is 1. The summed E-state index contributed by atoms with van der Waals surface area (Å²) in [6.45, 7) is 3.13. The Bertz CT molecular complexity index is 640. The zero-order valence-electron chi connectivity index (χ0n) is 11.8. The normalized spacial score (nSPS) is 14.9. The molecule has 0 spiro atoms. The van der Waals surface area contributed by atoms with E-state index in [9.17, 15) is 4.79 Å². The topological polar surface area (TPSA) is 55.6 Å². The fraction of sp³-hybridized carbons (Fsp3) is 0.235. The molecule has 0 saturated carbocycles. The number of fused-ring (bicyclic) bond motifs is 1. The Labute approximate surface area is 124 Å². The summed E-state index contributed by atoms with van der Waals surface area (Å²) < 4.78 is 5.76. The fourth-order valence-electron chi connectivity index (χ4n) is 2.58. The van der Waals surface area contributed by atoms with E-state index in [1.54, 1.807) is 6.07 Å². The minimum Gasteiger partial charge on any atom is -0.492 e. The lowest BCUT2D eigenvalue weighted by molar-refractivity contribution is 0.1000. The lowest BCUT2D eigenvalue weighted by Gasteiger charge is -2.19. The second-order valence-corrected chi connectivity index (χ2v) is 5.23. The summed E-state index contributed by atoms with van der Waals surface area (Å²) in [5.41, 5.74) is 8.16. The van der Waals surface area contributed by atoms with Crippen molar-refractivity contribution in [2.24, 2.45) is 5.73 Å². The van der Waals surface area contributed by atoms with Crippen LogP contribution in [0.3, 0.4) is 0 Å². The third kappa shape index (κ3) is 3.23. The van der Waals surface area contributed by atoms with Gasteiger partial charge in [0.1, 0.15) is 12.4 Å². The molecule has 0 aliphatic carbocycles. The summed E-state index contributed by atoms with van der Waals surface area (Å²) in [7, 11) is 0. The van der Waals surface area contributed by atoms with Gasteiger partial charge in [-0.2, -0.15) is 0 Å². The number of hydrogen-bond donors (Lipinski definition) is 1. The summed E-state index contributed by atoms with van der Waals surface area (Å²) in [5, 5.41) is 0. The van der Waals surface area contributed by atoms with Crippen LogP contribution in [0.2, 0.25) is 0 Å². The predicted octanol–water partition coefficient (Wildman–Crippen LogP) is 2.18. The molecule has 4 nitrogen and oxygen atoms in total. The molecule has 1 heterocycles. The van der Waals surface area contributed by atoms with Gasteiger partial charge in [0, 0.05) is 30.8 Å². The standard InChI is InChI=1S/C17H18N2O2/c18-17(20)14-6-7-16-15(10-14)12-19(8-9-21-16)11-13-4-2-1-3-5-13/h1-7,10H,8-9,11-12H2,(H2,18,20). The molecule has 0 unspecified atom stereocenters. The van der Waals surface area contributed by atoms with Gasteiger partial charge in [-0.15, -0.1) is 0 Å². The average molecular weight is 282 g/mol. The maximum atomic E-state index is 11.3. The third-order valence-corrected chi connectivity index (χ3v) is 3.65. The molecule has 2 N–H and O–H groups in total. The fourth-order valence-corrected chi connectivity index (χ4v) is 2.58. The highest BCUT2D eigenvalue weighted by molar-refractivity contribution is 5.93. The van der Waals surface area contributed by atoms with Crippen molar-refractivity contribution in [1.82, 2.24) is 4.90 Å². The first-order valence-electron chi connectivity index (χ1n) is 7.04. The minimum absolute atomic E-state index is 0.406. The number of rotatable bonds is 3. The van der Waals surface area contributed by atoms with Crippen LogP contribution in [0.5, 0.6) is 5.75 Å². The van der Waals surface area contributed by atoms with Crippen molar-refractivity contribution in [1.29, 1.82) is 0 Å². The van der Waals surface area contributed by atoms with Gasteiger partial charge in [-0.1, -0.05) is 30.3 Å². The molecule has 0 atom stereocenters. The van der Waals surface area contributed by atoms with Crippen molar-refractivity contribution in [3.05, 3.63) is 65.2 Å². The molecule has 0 saturated heterocycles. The minimum atomic E-state index is -0.406. The van der Waals surface area contributed by atoms with E-state index in [0.717, 1.165) is 30.9 Å². The van der Waals surface area contributed by atoms with Crippen LogP contribution in [0.4, 0.5) is 0 Å². The van der Waals surface area contributed by atoms with Crippen LogP contribution in [-0.2, 0) is 13.1 Å². The van der Waals surface area contributed by atoms with Gasteiger partial charge in [0.15, 0.2) is 0 Å². The molecule has 0 aromatic heterocycles. The van der Waals surface area contributed by atoms with E-state index in [2.05, 4.69) is 17.0 Å². The van der Waals surface area contributed by atoms with Crippen LogP contribution in [0.1, 0.15) is 21.5 Å². The van der Waals surface area contributed by atoms with Crippen LogP contribution in [0, 0.1) is 0 Å². The van der Waals surface area contributed by atoms with E-state index >= 15 is 0 Å². The van der Waals surface area contributed by atoms with Crippen molar-refractivity contribution >= 4 is 5.91 Å². The van der Waals surface area contributed by atoms with Crippen molar-refractivity contribution in [2.45, 2.75) is 13.1 Å². The number of hydrogen-bond acceptors (Lipinski definition) is 3. The van der Waals surface area contributed by atoms with Crippen molar-refractivity contribution in [3.8, 4) is 5.75 Å². The molecule has 0 fully saturated rings. The quantitative estimate of drug-likeness (QED) is 0.938. The number of carbonyl (C=O) groups excluding carboxylic acids is 1. The van der Waals surface area contributed by atoms with Crippen LogP contribution in [0.15, 0.2) is 48.5 Å². The number of carbonyl (C=O) groups is 1. The van der Waals surface area contributed by atoms with Crippen molar-refractivity contribution < 1.29 is 9.53 Å². The molecular formula is C17H18N2O2. The molecule has 0 radical (unpaired) electrons. The smallest absolute Gasteiger partial charge is 0.248 e. The molecule has 108 valence electrons. The maximum absolute atomic E-state index is 11.3. The van der Waals surface area contributed by atoms with Crippen molar-refractivity contribution in [3.63, 3.8) is 0 Å². The Kier molecular flexibility index (Phi) is 3.88. The second kappa shape index (κ2) is 5.97. The predicted molar refractivity (Wildman–Crippen MR) is 81.0 cm³/mol. The zero-order chi connectivity index (χ0) is 14.7. The van der Waals surface area contributed by atoms with E-state index in [-0.39, 0.29) is 0 Å². The third-order valence-electron chi connectivity index (χ3n) is 3.65. The summed E-state index contributed by atoms with van der Waals surface area (Å²) in [4.78, 5) is 13.6. The van der Waals surface area contributed by atoms with Crippen LogP contribution < -0.4 is 10.5 Å². The molecule has 3 rings (SSSR count). The van der Waals surface area contributed by atoms with E-state index in [0.29, 0.717) is 12.2 Å². The monoisotopic (exact) mass is 282 g/mol. The molecule has 1 aliphatic heterocycles.